The number of amides is 1. The molecule has 4 aromatic rings. The summed E-state index contributed by atoms with van der Waals surface area (Å²) in [4.78, 5) is 28.0. The second-order valence-corrected chi connectivity index (χ2v) is 9.06. The molecule has 0 aliphatic heterocycles. The predicted octanol–water partition coefficient (Wildman–Crippen LogP) is 7.20. The number of aldehydes is 1. The van der Waals surface area contributed by atoms with E-state index in [0.717, 1.165) is 41.4 Å². The van der Waals surface area contributed by atoms with Gasteiger partial charge in [0.1, 0.15) is 12.4 Å². The standard InChI is InChI=1S/C28H23ClN2O4/c1-18(23-4-2-3-5-24(23)29)35-27(33)31-26-25(34-17-30-26)21-8-6-19(7-9-21)20-10-12-22(13-11-20)28(16-32)14-15-28/h2-13,16-18H,14-15H2,1H3,(H,31,33)/t18-/m1/s1. The first-order valence-corrected chi connectivity index (χ1v) is 11.7. The molecule has 1 atom stereocenters. The molecule has 1 aliphatic carbocycles. The molecule has 5 rings (SSSR count). The van der Waals surface area contributed by atoms with Gasteiger partial charge in [0.05, 0.1) is 5.41 Å². The van der Waals surface area contributed by atoms with E-state index in [9.17, 15) is 9.59 Å². The molecule has 1 N–H and O–H groups in total. The van der Waals surface area contributed by atoms with E-state index in [2.05, 4.69) is 10.3 Å². The minimum absolute atomic E-state index is 0.266. The lowest BCUT2D eigenvalue weighted by Gasteiger charge is -2.15. The van der Waals surface area contributed by atoms with Gasteiger partial charge >= 0.3 is 6.09 Å². The lowest BCUT2D eigenvalue weighted by molar-refractivity contribution is -0.109. The molecule has 35 heavy (non-hydrogen) atoms. The number of anilines is 1. The van der Waals surface area contributed by atoms with Crippen molar-refractivity contribution in [2.75, 3.05) is 5.32 Å². The zero-order chi connectivity index (χ0) is 24.4. The van der Waals surface area contributed by atoms with Gasteiger partial charge in [-0.05, 0) is 42.5 Å². The van der Waals surface area contributed by atoms with E-state index in [1.807, 2.05) is 66.7 Å². The van der Waals surface area contributed by atoms with Gasteiger partial charge in [0.2, 0.25) is 0 Å². The highest BCUT2D eigenvalue weighted by Gasteiger charge is 2.44. The second kappa shape index (κ2) is 9.39. The Balaban J connectivity index is 1.27. The number of carbonyl (C=O) groups is 2. The van der Waals surface area contributed by atoms with Crippen LogP contribution in [0.1, 0.15) is 37.0 Å². The Kier molecular flexibility index (Phi) is 6.14. The third-order valence-corrected chi connectivity index (χ3v) is 6.71. The van der Waals surface area contributed by atoms with Crippen LogP contribution in [0.15, 0.2) is 83.6 Å². The zero-order valence-electron chi connectivity index (χ0n) is 19.0. The molecule has 0 unspecified atom stereocenters. The summed E-state index contributed by atoms with van der Waals surface area (Å²) >= 11 is 6.19. The average Bonchev–Trinajstić information content (AvgIpc) is 3.56. The summed E-state index contributed by atoms with van der Waals surface area (Å²) in [5, 5.41) is 3.18. The number of nitrogens with one attached hydrogen (secondary N) is 1. The molecule has 1 aromatic heterocycles. The van der Waals surface area contributed by atoms with Gasteiger partial charge in [-0.1, -0.05) is 78.3 Å². The predicted molar refractivity (Wildman–Crippen MR) is 134 cm³/mol. The minimum Gasteiger partial charge on any atom is -0.441 e. The van der Waals surface area contributed by atoms with Crippen molar-refractivity contribution in [2.24, 2.45) is 0 Å². The van der Waals surface area contributed by atoms with Gasteiger partial charge in [0.15, 0.2) is 18.0 Å². The number of benzene rings is 3. The topological polar surface area (TPSA) is 81.4 Å². The van der Waals surface area contributed by atoms with Gasteiger partial charge in [-0.25, -0.2) is 4.79 Å². The molecule has 1 saturated carbocycles. The van der Waals surface area contributed by atoms with E-state index < -0.39 is 12.2 Å². The largest absolute Gasteiger partial charge is 0.441 e. The number of ether oxygens (including phenoxy) is 1. The van der Waals surface area contributed by atoms with Crippen molar-refractivity contribution in [3.05, 3.63) is 95.3 Å². The molecule has 0 bridgehead atoms. The SMILES string of the molecule is C[C@@H](OC(=O)Nc1ncoc1-c1ccc(-c2ccc(C3(C=O)CC3)cc2)cc1)c1ccccc1Cl. The fourth-order valence-corrected chi connectivity index (χ4v) is 4.40. The Morgan fingerprint density at radius 3 is 2.29 bits per heavy atom. The molecular weight excluding hydrogens is 464 g/mol. The van der Waals surface area contributed by atoms with Gasteiger partial charge in [0, 0.05) is 16.1 Å². The maximum absolute atomic E-state index is 12.5. The summed E-state index contributed by atoms with van der Waals surface area (Å²) < 4.78 is 11.0. The van der Waals surface area contributed by atoms with Gasteiger partial charge < -0.3 is 13.9 Å². The summed E-state index contributed by atoms with van der Waals surface area (Å²) in [6, 6.07) is 23.1. The normalized spacial score (nSPS) is 14.7. The Labute approximate surface area is 207 Å². The summed E-state index contributed by atoms with van der Waals surface area (Å²) in [6.45, 7) is 1.75. The number of carbonyl (C=O) groups excluding carboxylic acids is 2. The Bertz CT molecular complexity index is 1360. The number of aromatic nitrogens is 1. The smallest absolute Gasteiger partial charge is 0.413 e. The fourth-order valence-electron chi connectivity index (χ4n) is 4.11. The van der Waals surface area contributed by atoms with Gasteiger partial charge in [-0.2, -0.15) is 4.98 Å². The van der Waals surface area contributed by atoms with E-state index in [1.165, 1.54) is 6.39 Å². The summed E-state index contributed by atoms with van der Waals surface area (Å²) in [5.74, 6) is 0.693. The summed E-state index contributed by atoms with van der Waals surface area (Å²) in [7, 11) is 0. The van der Waals surface area contributed by atoms with Crippen LogP contribution in [0, 0.1) is 0 Å². The van der Waals surface area contributed by atoms with E-state index in [4.69, 9.17) is 20.8 Å². The van der Waals surface area contributed by atoms with Crippen LogP contribution in [0.25, 0.3) is 22.5 Å². The zero-order valence-corrected chi connectivity index (χ0v) is 19.8. The molecule has 7 heteroatoms. The average molecular weight is 487 g/mol. The van der Waals surface area contributed by atoms with Crippen molar-refractivity contribution in [3.63, 3.8) is 0 Å². The lowest BCUT2D eigenvalue weighted by Crippen LogP contribution is -2.16. The third kappa shape index (κ3) is 4.70. The van der Waals surface area contributed by atoms with Crippen LogP contribution in [0.4, 0.5) is 10.6 Å². The molecular formula is C28H23ClN2O4. The first-order valence-electron chi connectivity index (χ1n) is 11.3. The molecule has 1 heterocycles. The van der Waals surface area contributed by atoms with Crippen molar-refractivity contribution in [1.29, 1.82) is 0 Å². The van der Waals surface area contributed by atoms with Crippen LogP contribution in [-0.4, -0.2) is 17.4 Å². The summed E-state index contributed by atoms with van der Waals surface area (Å²) in [6.07, 6.45) is 2.98. The highest BCUT2D eigenvalue weighted by Crippen LogP contribution is 2.46. The van der Waals surface area contributed by atoms with E-state index in [1.54, 1.807) is 13.0 Å². The molecule has 6 nitrogen and oxygen atoms in total. The Morgan fingerprint density at radius 1 is 1.03 bits per heavy atom. The molecule has 176 valence electrons. The maximum Gasteiger partial charge on any atom is 0.413 e. The molecule has 1 aliphatic rings. The monoisotopic (exact) mass is 486 g/mol. The van der Waals surface area contributed by atoms with Crippen LogP contribution in [-0.2, 0) is 14.9 Å². The van der Waals surface area contributed by atoms with Crippen molar-refractivity contribution in [1.82, 2.24) is 4.98 Å². The fraction of sp³-hybridized carbons (Fsp3) is 0.179. The highest BCUT2D eigenvalue weighted by atomic mass is 35.5. The summed E-state index contributed by atoms with van der Waals surface area (Å²) in [5.41, 5.74) is 4.35. The molecule has 1 amide bonds. The molecule has 0 saturated heterocycles. The van der Waals surface area contributed by atoms with Crippen molar-refractivity contribution in [3.8, 4) is 22.5 Å². The highest BCUT2D eigenvalue weighted by molar-refractivity contribution is 6.31. The van der Waals surface area contributed by atoms with Crippen molar-refractivity contribution in [2.45, 2.75) is 31.3 Å². The van der Waals surface area contributed by atoms with Gasteiger partial charge in [-0.15, -0.1) is 0 Å². The molecule has 0 spiro atoms. The maximum atomic E-state index is 12.5. The lowest BCUT2D eigenvalue weighted by atomic mass is 9.95. The third-order valence-electron chi connectivity index (χ3n) is 6.37. The molecule has 1 fully saturated rings. The van der Waals surface area contributed by atoms with Crippen LogP contribution in [0.3, 0.4) is 0 Å². The first kappa shape index (κ1) is 22.9. The number of hydrogen-bond acceptors (Lipinski definition) is 5. The van der Waals surface area contributed by atoms with Gasteiger partial charge in [0.25, 0.3) is 0 Å². The van der Waals surface area contributed by atoms with E-state index in [-0.39, 0.29) is 11.2 Å². The van der Waals surface area contributed by atoms with Crippen LogP contribution >= 0.6 is 11.6 Å². The van der Waals surface area contributed by atoms with Crippen LogP contribution < -0.4 is 5.32 Å². The quantitative estimate of drug-likeness (QED) is 0.279. The van der Waals surface area contributed by atoms with Crippen molar-refractivity contribution < 1.29 is 18.7 Å². The second-order valence-electron chi connectivity index (χ2n) is 8.65. The number of nitrogens with zero attached hydrogens (tertiary/aromatic N) is 1. The van der Waals surface area contributed by atoms with E-state index in [0.29, 0.717) is 16.3 Å². The van der Waals surface area contributed by atoms with Gasteiger partial charge in [-0.3, -0.25) is 5.32 Å². The molecule has 3 aromatic carbocycles. The molecule has 0 radical (unpaired) electrons. The van der Waals surface area contributed by atoms with Crippen molar-refractivity contribution >= 4 is 29.8 Å². The number of halogens is 1. The first-order chi connectivity index (χ1) is 17.0. The minimum atomic E-state index is -0.659. The number of hydrogen-bond donors (Lipinski definition) is 1. The van der Waals surface area contributed by atoms with Crippen LogP contribution in [0.5, 0.6) is 0 Å². The van der Waals surface area contributed by atoms with Crippen LogP contribution in [0.2, 0.25) is 5.02 Å². The van der Waals surface area contributed by atoms with E-state index >= 15 is 0 Å². The Morgan fingerprint density at radius 2 is 1.66 bits per heavy atom. The number of oxazole rings is 1. The number of rotatable bonds is 7. The Hall–Kier alpha value is -3.90.